The largest absolute Gasteiger partial charge is 0.417 e. The first-order valence-electron chi connectivity index (χ1n) is 6.12. The molecule has 0 saturated carbocycles. The van der Waals surface area contributed by atoms with E-state index in [1.807, 2.05) is 24.3 Å². The Balaban J connectivity index is 2.56. The molecule has 3 aromatic rings. The zero-order valence-electron chi connectivity index (χ0n) is 11.1. The van der Waals surface area contributed by atoms with Crippen LogP contribution in [0, 0.1) is 0 Å². The normalized spacial score (nSPS) is 11.9. The molecule has 5 heteroatoms. The summed E-state index contributed by atoms with van der Waals surface area (Å²) in [7, 11) is -1.09. The molecule has 0 aliphatic rings. The first kappa shape index (κ1) is 12.2. The summed E-state index contributed by atoms with van der Waals surface area (Å²) >= 11 is 0. The van der Waals surface area contributed by atoms with Gasteiger partial charge in [-0.3, -0.25) is 9.97 Å². The lowest BCUT2D eigenvalue weighted by molar-refractivity contribution is 0.565. The fraction of sp³-hybridized carbons (Fsp3) is 0.286. The number of rotatable bonds is 0. The van der Waals surface area contributed by atoms with Gasteiger partial charge < -0.3 is 8.39 Å². The van der Waals surface area contributed by atoms with Gasteiger partial charge in [0.15, 0.2) is 11.2 Å². The molecule has 0 atom stereocenters. The lowest BCUT2D eigenvalue weighted by Gasteiger charge is -2.13. The molecule has 0 radical (unpaired) electrons. The molecule has 0 unspecified atom stereocenters. The highest BCUT2D eigenvalue weighted by atomic mass is 31.1. The molecule has 0 aliphatic carbocycles. The fourth-order valence-corrected chi connectivity index (χ4v) is 2.99. The molecule has 0 N–H and O–H groups in total. The van der Waals surface area contributed by atoms with E-state index in [1.54, 1.807) is 12.4 Å². The van der Waals surface area contributed by atoms with Crippen LogP contribution in [-0.4, -0.2) is 9.97 Å². The van der Waals surface area contributed by atoms with Crippen molar-refractivity contribution >= 4 is 30.2 Å². The molecule has 98 valence electrons. The van der Waals surface area contributed by atoms with E-state index >= 15 is 0 Å². The zero-order chi connectivity index (χ0) is 13.5. The highest BCUT2D eigenvalue weighted by molar-refractivity contribution is 7.38. The second kappa shape index (κ2) is 4.39. The molecular weight excluding hydrogens is 259 g/mol. The maximum atomic E-state index is 6.04. The van der Waals surface area contributed by atoms with E-state index in [0.717, 1.165) is 22.2 Å². The summed E-state index contributed by atoms with van der Waals surface area (Å²) in [5, 5.41) is -0.0834. The monoisotopic (exact) mass is 274 g/mol. The minimum atomic E-state index is -1.09. The predicted octanol–water partition coefficient (Wildman–Crippen LogP) is 4.84. The quantitative estimate of drug-likeness (QED) is 0.588. The minimum Gasteiger partial charge on any atom is -0.417 e. The van der Waals surface area contributed by atoms with Gasteiger partial charge in [-0.2, -0.15) is 0 Å². The second-order valence-corrected chi connectivity index (χ2v) is 7.53. The SMILES string of the molecule is CC(C)(C)p1oc2cccnc2c2ncccc2o1. The van der Waals surface area contributed by atoms with Crippen molar-refractivity contribution in [3.63, 3.8) is 0 Å². The number of hydrogen-bond donors (Lipinski definition) is 0. The molecule has 0 amide bonds. The Bertz CT molecular complexity index is 717. The zero-order valence-corrected chi connectivity index (χ0v) is 12.0. The topological polar surface area (TPSA) is 52.1 Å². The van der Waals surface area contributed by atoms with E-state index < -0.39 is 8.01 Å². The van der Waals surface area contributed by atoms with Crippen LogP contribution in [0.1, 0.15) is 20.8 Å². The highest BCUT2D eigenvalue weighted by Crippen LogP contribution is 2.45. The molecule has 4 nitrogen and oxygen atoms in total. The molecule has 0 aromatic carbocycles. The Morgan fingerprint density at radius 3 is 1.79 bits per heavy atom. The average molecular weight is 274 g/mol. The van der Waals surface area contributed by atoms with Crippen LogP contribution in [0.4, 0.5) is 0 Å². The van der Waals surface area contributed by atoms with Gasteiger partial charge in [-0.15, -0.1) is 0 Å². The van der Waals surface area contributed by atoms with Crippen LogP contribution in [0.5, 0.6) is 0 Å². The summed E-state index contributed by atoms with van der Waals surface area (Å²) in [6, 6.07) is 7.55. The molecule has 0 aliphatic heterocycles. The van der Waals surface area contributed by atoms with Crippen molar-refractivity contribution < 1.29 is 8.39 Å². The van der Waals surface area contributed by atoms with Gasteiger partial charge in [0.2, 0.25) is 8.01 Å². The third kappa shape index (κ3) is 2.24. The van der Waals surface area contributed by atoms with Gasteiger partial charge in [0.25, 0.3) is 0 Å². The van der Waals surface area contributed by atoms with Crippen molar-refractivity contribution in [1.82, 2.24) is 9.97 Å². The van der Waals surface area contributed by atoms with E-state index in [0.29, 0.717) is 0 Å². The van der Waals surface area contributed by atoms with Gasteiger partial charge in [-0.1, -0.05) is 0 Å². The Hall–Kier alpha value is -1.80. The Morgan fingerprint density at radius 1 is 0.895 bits per heavy atom. The second-order valence-electron chi connectivity index (χ2n) is 5.31. The van der Waals surface area contributed by atoms with Gasteiger partial charge in [-0.25, -0.2) is 0 Å². The lowest BCUT2D eigenvalue weighted by Crippen LogP contribution is -1.99. The Morgan fingerprint density at radius 2 is 1.37 bits per heavy atom. The summed E-state index contributed by atoms with van der Waals surface area (Å²) in [4.78, 5) is 8.76. The van der Waals surface area contributed by atoms with Crippen molar-refractivity contribution in [2.45, 2.75) is 25.9 Å². The van der Waals surface area contributed by atoms with E-state index in [-0.39, 0.29) is 5.16 Å². The Labute approximate surface area is 112 Å². The van der Waals surface area contributed by atoms with Crippen LogP contribution in [0.25, 0.3) is 22.2 Å². The molecule has 3 aromatic heterocycles. The van der Waals surface area contributed by atoms with E-state index in [9.17, 15) is 0 Å². The molecule has 0 fully saturated rings. The van der Waals surface area contributed by atoms with E-state index in [4.69, 9.17) is 8.39 Å². The fourth-order valence-electron chi connectivity index (χ4n) is 1.76. The van der Waals surface area contributed by atoms with Crippen molar-refractivity contribution in [2.75, 3.05) is 0 Å². The summed E-state index contributed by atoms with van der Waals surface area (Å²) < 4.78 is 12.1. The smallest absolute Gasteiger partial charge is 0.222 e. The third-order valence-electron chi connectivity index (χ3n) is 2.68. The predicted molar refractivity (Wildman–Crippen MR) is 76.9 cm³/mol. The summed E-state index contributed by atoms with van der Waals surface area (Å²) in [5.74, 6) is 0. The van der Waals surface area contributed by atoms with Crippen molar-refractivity contribution in [1.29, 1.82) is 0 Å². The molecule has 0 saturated heterocycles. The average Bonchev–Trinajstić information content (AvgIpc) is 2.55. The van der Waals surface area contributed by atoms with E-state index in [2.05, 4.69) is 30.7 Å². The standard InChI is InChI=1S/C14H15N2O2P/c1-14(2,3)19-17-10-6-4-8-15-12(10)13-11(18-19)7-5-9-16-13/h4-9H,1-3H3. The van der Waals surface area contributed by atoms with Crippen LogP contribution in [0.15, 0.2) is 45.1 Å². The summed E-state index contributed by atoms with van der Waals surface area (Å²) in [6.45, 7) is 6.32. The number of nitrogens with zero attached hydrogens (tertiary/aromatic N) is 2. The maximum absolute atomic E-state index is 6.04. The maximum Gasteiger partial charge on any atom is 0.222 e. The lowest BCUT2D eigenvalue weighted by atomic mass is 10.3. The summed E-state index contributed by atoms with van der Waals surface area (Å²) in [6.07, 6.45) is 3.48. The van der Waals surface area contributed by atoms with Crippen molar-refractivity contribution in [2.24, 2.45) is 0 Å². The van der Waals surface area contributed by atoms with E-state index in [1.165, 1.54) is 0 Å². The molecule has 3 rings (SSSR count). The Kier molecular flexibility index (Phi) is 2.83. The van der Waals surface area contributed by atoms with Gasteiger partial charge in [-0.05, 0) is 45.0 Å². The third-order valence-corrected chi connectivity index (χ3v) is 4.50. The highest BCUT2D eigenvalue weighted by Gasteiger charge is 2.20. The number of pyridine rings is 2. The van der Waals surface area contributed by atoms with Crippen molar-refractivity contribution in [3.8, 4) is 0 Å². The number of aromatic nitrogens is 2. The number of fused-ring (bicyclic) bond motifs is 3. The first-order chi connectivity index (χ1) is 9.05. The van der Waals surface area contributed by atoms with Crippen LogP contribution >= 0.6 is 8.01 Å². The molecule has 0 bridgehead atoms. The van der Waals surface area contributed by atoms with Gasteiger partial charge in [0, 0.05) is 12.4 Å². The van der Waals surface area contributed by atoms with Crippen LogP contribution in [-0.2, 0) is 5.16 Å². The van der Waals surface area contributed by atoms with Gasteiger partial charge in [0.1, 0.15) is 11.0 Å². The van der Waals surface area contributed by atoms with Crippen LogP contribution in [0.2, 0.25) is 0 Å². The van der Waals surface area contributed by atoms with Gasteiger partial charge >= 0.3 is 0 Å². The van der Waals surface area contributed by atoms with Crippen molar-refractivity contribution in [3.05, 3.63) is 36.7 Å². The first-order valence-corrected chi connectivity index (χ1v) is 7.30. The molecule has 3 heterocycles. The molecule has 19 heavy (non-hydrogen) atoms. The van der Waals surface area contributed by atoms with Crippen LogP contribution in [0.3, 0.4) is 0 Å². The number of hydrogen-bond acceptors (Lipinski definition) is 4. The van der Waals surface area contributed by atoms with Gasteiger partial charge in [0.05, 0.1) is 5.16 Å². The summed E-state index contributed by atoms with van der Waals surface area (Å²) in [5.41, 5.74) is 2.96. The minimum absolute atomic E-state index is 0.0834. The molecule has 0 spiro atoms. The van der Waals surface area contributed by atoms with Crippen LogP contribution < -0.4 is 0 Å². The molecular formula is C14H15N2O2P.